The molecule has 33 heavy (non-hydrogen) atoms. The summed E-state index contributed by atoms with van der Waals surface area (Å²) in [4.78, 5) is 23.7. The number of primary amides is 1. The lowest BCUT2D eigenvalue weighted by Gasteiger charge is -2.09. The minimum Gasteiger partial charge on any atom is -0.396 e. The second kappa shape index (κ2) is 12.1. The first-order valence-corrected chi connectivity index (χ1v) is 11.3. The van der Waals surface area contributed by atoms with Crippen LogP contribution in [0.1, 0.15) is 46.6 Å². The Labute approximate surface area is 198 Å². The Hall–Kier alpha value is -3.29. The Bertz CT molecular complexity index is 1120. The molecule has 0 aliphatic heterocycles. The van der Waals surface area contributed by atoms with E-state index < -0.39 is 5.91 Å². The summed E-state index contributed by atoms with van der Waals surface area (Å²) in [5.74, 6) is -0.515. The van der Waals surface area contributed by atoms with Gasteiger partial charge in [-0.2, -0.15) is 0 Å². The Balaban J connectivity index is 1.51. The Kier molecular flexibility index (Phi) is 8.92. The number of rotatable bonds is 11. The van der Waals surface area contributed by atoms with Crippen molar-refractivity contribution < 1.29 is 9.90 Å². The number of aliphatic hydroxyl groups excluding tert-OH is 1. The molecule has 1 amide bonds. The number of carbonyl (C=O) groups excluding carboxylic acids is 1. The van der Waals surface area contributed by atoms with Crippen LogP contribution in [0, 0.1) is 0 Å². The molecule has 0 saturated heterocycles. The van der Waals surface area contributed by atoms with Gasteiger partial charge in [-0.1, -0.05) is 48.0 Å². The molecule has 7 nitrogen and oxygen atoms in total. The second-order valence-electron chi connectivity index (χ2n) is 7.68. The van der Waals surface area contributed by atoms with Gasteiger partial charge in [-0.15, -0.1) is 0 Å². The predicted octanol–water partition coefficient (Wildman–Crippen LogP) is 3.55. The molecule has 3 aromatic rings. The van der Waals surface area contributed by atoms with Gasteiger partial charge in [-0.05, 0) is 54.9 Å². The number of carbonyl (C=O) groups is 1. The number of hydrogen-bond donors (Lipinski definition) is 3. The number of halogens is 1. The summed E-state index contributed by atoms with van der Waals surface area (Å²) in [6.45, 7) is 0.704. The van der Waals surface area contributed by atoms with Gasteiger partial charge in [0.05, 0.1) is 0 Å². The number of unbranched alkanes of at least 4 members (excludes halogenated alkanes) is 1. The van der Waals surface area contributed by atoms with Crippen LogP contribution < -0.4 is 11.5 Å². The van der Waals surface area contributed by atoms with Crippen molar-refractivity contribution in [3.63, 3.8) is 0 Å². The summed E-state index contributed by atoms with van der Waals surface area (Å²) in [6, 6.07) is 14.5. The molecule has 0 saturated carbocycles. The van der Waals surface area contributed by atoms with E-state index in [4.69, 9.17) is 28.2 Å². The first kappa shape index (κ1) is 24.4. The topological polar surface area (TPSA) is 127 Å². The number of benzene rings is 2. The molecule has 0 aliphatic rings. The van der Waals surface area contributed by atoms with E-state index in [0.29, 0.717) is 6.54 Å². The molecular formula is C25H28ClN5O2. The third-order valence-electron chi connectivity index (χ3n) is 5.25. The maximum atomic E-state index is 11.4. The maximum Gasteiger partial charge on any atom is 0.269 e. The fraction of sp³-hybridized carbons (Fsp3) is 0.280. The Morgan fingerprint density at radius 3 is 2.24 bits per heavy atom. The second-order valence-corrected chi connectivity index (χ2v) is 8.09. The minimum atomic E-state index is -0.682. The van der Waals surface area contributed by atoms with Crippen molar-refractivity contribution in [2.45, 2.75) is 32.1 Å². The highest BCUT2D eigenvalue weighted by Crippen LogP contribution is 2.29. The largest absolute Gasteiger partial charge is 0.396 e. The minimum absolute atomic E-state index is 0.0266. The van der Waals surface area contributed by atoms with E-state index in [0.717, 1.165) is 53.8 Å². The van der Waals surface area contributed by atoms with Crippen LogP contribution >= 0.6 is 11.6 Å². The highest BCUT2D eigenvalue weighted by molar-refractivity contribution is 6.33. The van der Waals surface area contributed by atoms with Gasteiger partial charge >= 0.3 is 0 Å². The lowest BCUT2D eigenvalue weighted by atomic mass is 9.99. The van der Waals surface area contributed by atoms with E-state index in [1.54, 1.807) is 0 Å². The summed E-state index contributed by atoms with van der Waals surface area (Å²) in [5, 5.41) is 9.70. The van der Waals surface area contributed by atoms with Crippen molar-refractivity contribution in [3.8, 4) is 11.1 Å². The number of nitrogens with two attached hydrogens (primary N) is 2. The van der Waals surface area contributed by atoms with Gasteiger partial charge in [0.25, 0.3) is 5.91 Å². The molecule has 0 spiro atoms. The zero-order valence-electron chi connectivity index (χ0n) is 18.4. The van der Waals surface area contributed by atoms with E-state index in [1.165, 1.54) is 18.0 Å². The van der Waals surface area contributed by atoms with Crippen molar-refractivity contribution >= 4 is 23.3 Å². The Morgan fingerprint density at radius 1 is 0.909 bits per heavy atom. The number of amidine groups is 1. The average Bonchev–Trinajstić information content (AvgIpc) is 2.83. The fourth-order valence-corrected chi connectivity index (χ4v) is 3.82. The average molecular weight is 466 g/mol. The van der Waals surface area contributed by atoms with Crippen LogP contribution in [-0.2, 0) is 12.8 Å². The van der Waals surface area contributed by atoms with E-state index in [9.17, 15) is 4.79 Å². The third kappa shape index (κ3) is 6.84. The smallest absolute Gasteiger partial charge is 0.269 e. The first-order chi connectivity index (χ1) is 16.0. The van der Waals surface area contributed by atoms with E-state index in [-0.39, 0.29) is 23.8 Å². The van der Waals surface area contributed by atoms with Crippen molar-refractivity contribution in [1.29, 1.82) is 0 Å². The molecule has 0 radical (unpaired) electrons. The van der Waals surface area contributed by atoms with Gasteiger partial charge in [-0.3, -0.25) is 9.79 Å². The molecule has 0 fully saturated rings. The van der Waals surface area contributed by atoms with Crippen LogP contribution in [0.15, 0.2) is 59.9 Å². The quantitative estimate of drug-likeness (QED) is 0.226. The van der Waals surface area contributed by atoms with Gasteiger partial charge in [0.1, 0.15) is 11.5 Å². The number of aliphatic imine (C=N–C) groups is 1. The number of hydrogen-bond acceptors (Lipinski definition) is 5. The van der Waals surface area contributed by atoms with Crippen molar-refractivity contribution in [2.75, 3.05) is 13.2 Å². The van der Waals surface area contributed by atoms with Crippen LogP contribution in [0.5, 0.6) is 0 Å². The zero-order chi connectivity index (χ0) is 23.6. The number of amides is 1. The molecule has 172 valence electrons. The van der Waals surface area contributed by atoms with Gasteiger partial charge in [0.15, 0.2) is 5.69 Å². The lowest BCUT2D eigenvalue weighted by molar-refractivity contribution is 0.0995. The zero-order valence-corrected chi connectivity index (χ0v) is 19.1. The van der Waals surface area contributed by atoms with Crippen molar-refractivity contribution in [1.82, 2.24) is 9.97 Å². The monoisotopic (exact) mass is 465 g/mol. The third-order valence-corrected chi connectivity index (χ3v) is 5.56. The molecule has 1 heterocycles. The first-order valence-electron chi connectivity index (χ1n) is 10.9. The summed E-state index contributed by atoms with van der Waals surface area (Å²) >= 11 is 6.48. The van der Waals surface area contributed by atoms with Gasteiger partial charge < -0.3 is 16.6 Å². The molecule has 3 rings (SSSR count). The van der Waals surface area contributed by atoms with Crippen molar-refractivity contribution in [2.24, 2.45) is 16.5 Å². The van der Waals surface area contributed by atoms with Crippen LogP contribution in [0.4, 0.5) is 0 Å². The van der Waals surface area contributed by atoms with E-state index in [2.05, 4.69) is 45.3 Å². The highest BCUT2D eigenvalue weighted by atomic mass is 35.5. The number of aromatic nitrogens is 2. The number of aryl methyl sites for hydroxylation is 2. The SMILES string of the molecule is NC(=O)c1nccnc1C(N)=NCCCCc1ccc(-c2ccc(CCCO)cc2Cl)cc1. The molecule has 0 aliphatic carbocycles. The summed E-state index contributed by atoms with van der Waals surface area (Å²) < 4.78 is 0. The van der Waals surface area contributed by atoms with E-state index in [1.807, 2.05) is 12.1 Å². The molecule has 5 N–H and O–H groups in total. The maximum absolute atomic E-state index is 11.4. The number of nitrogens with zero attached hydrogens (tertiary/aromatic N) is 3. The van der Waals surface area contributed by atoms with Crippen LogP contribution in [0.3, 0.4) is 0 Å². The molecule has 0 unspecified atom stereocenters. The fourth-order valence-electron chi connectivity index (χ4n) is 3.50. The summed E-state index contributed by atoms with van der Waals surface area (Å²) in [5.41, 5.74) is 16.0. The number of aliphatic hydroxyl groups is 1. The molecule has 8 heteroatoms. The predicted molar refractivity (Wildman–Crippen MR) is 131 cm³/mol. The van der Waals surface area contributed by atoms with Gasteiger partial charge in [-0.25, -0.2) is 9.97 Å². The van der Waals surface area contributed by atoms with Crippen LogP contribution in [-0.4, -0.2) is 40.0 Å². The lowest BCUT2D eigenvalue weighted by Crippen LogP contribution is -2.24. The molecule has 0 atom stereocenters. The molecular weight excluding hydrogens is 438 g/mol. The molecule has 2 aromatic carbocycles. The molecule has 0 bridgehead atoms. The van der Waals surface area contributed by atoms with Crippen LogP contribution in [0.2, 0.25) is 5.02 Å². The normalized spacial score (nSPS) is 11.5. The van der Waals surface area contributed by atoms with Crippen molar-refractivity contribution in [3.05, 3.63) is 82.4 Å². The van der Waals surface area contributed by atoms with E-state index >= 15 is 0 Å². The summed E-state index contributed by atoms with van der Waals surface area (Å²) in [6.07, 6.45) is 7.10. The molecule has 1 aromatic heterocycles. The standard InChI is InChI=1S/C25H28ClN5O2/c26-21-16-18(5-3-15-32)8-11-20(21)19-9-6-17(7-10-19)4-1-2-12-31-24(27)22-23(25(28)33)30-14-13-29-22/h6-11,13-14,16,32H,1-5,12,15H2,(H2,27,31)(H2,28,33). The van der Waals surface area contributed by atoms with Gasteiger partial charge in [0, 0.05) is 36.1 Å². The van der Waals surface area contributed by atoms with Gasteiger partial charge in [0.2, 0.25) is 0 Å². The highest BCUT2D eigenvalue weighted by Gasteiger charge is 2.13. The summed E-state index contributed by atoms with van der Waals surface area (Å²) in [7, 11) is 0. The Morgan fingerprint density at radius 2 is 1.58 bits per heavy atom. The van der Waals surface area contributed by atoms with Crippen LogP contribution in [0.25, 0.3) is 11.1 Å².